The summed E-state index contributed by atoms with van der Waals surface area (Å²) in [4.78, 5) is 16.0. The van der Waals surface area contributed by atoms with Gasteiger partial charge in [0.05, 0.1) is 0 Å². The van der Waals surface area contributed by atoms with Crippen LogP contribution in [0.5, 0.6) is 0 Å². The molecule has 8 nitrogen and oxygen atoms in total. The Morgan fingerprint density at radius 1 is 1.15 bits per heavy atom. The molecule has 0 spiro atoms. The molecular formula is C18H28IN7O. The second-order valence-electron chi connectivity index (χ2n) is 5.70. The van der Waals surface area contributed by atoms with Crippen LogP contribution in [0.1, 0.15) is 35.6 Å². The first-order chi connectivity index (χ1) is 12.7. The zero-order valence-electron chi connectivity index (χ0n) is 16.0. The van der Waals surface area contributed by atoms with Gasteiger partial charge in [0.2, 0.25) is 0 Å². The van der Waals surface area contributed by atoms with Gasteiger partial charge >= 0.3 is 0 Å². The van der Waals surface area contributed by atoms with Gasteiger partial charge in [0.15, 0.2) is 5.96 Å². The normalized spacial score (nSPS) is 10.9. The molecule has 0 bridgehead atoms. The molecule has 3 N–H and O–H groups in total. The molecule has 0 radical (unpaired) electrons. The average molecular weight is 485 g/mol. The van der Waals surface area contributed by atoms with E-state index in [2.05, 4.69) is 38.1 Å². The molecule has 1 aromatic heterocycles. The van der Waals surface area contributed by atoms with E-state index in [1.165, 1.54) is 0 Å². The smallest absolute Gasteiger partial charge is 0.251 e. The topological polar surface area (TPSA) is 96.2 Å². The van der Waals surface area contributed by atoms with Crippen molar-refractivity contribution in [3.8, 4) is 0 Å². The van der Waals surface area contributed by atoms with E-state index in [9.17, 15) is 4.79 Å². The molecular weight excluding hydrogens is 457 g/mol. The molecule has 0 saturated heterocycles. The number of hydrogen-bond acceptors (Lipinski definition) is 4. The maximum atomic E-state index is 11.8. The van der Waals surface area contributed by atoms with Crippen LogP contribution in [0.2, 0.25) is 0 Å². The second-order valence-corrected chi connectivity index (χ2v) is 5.70. The molecule has 148 valence electrons. The third-order valence-electron chi connectivity index (χ3n) is 3.89. The molecule has 0 aliphatic heterocycles. The minimum atomic E-state index is -0.0510. The first kappa shape index (κ1) is 22.9. The van der Waals surface area contributed by atoms with E-state index in [0.29, 0.717) is 18.7 Å². The number of benzene rings is 1. The maximum Gasteiger partial charge on any atom is 0.251 e. The summed E-state index contributed by atoms with van der Waals surface area (Å²) in [6, 6.07) is 7.54. The van der Waals surface area contributed by atoms with Gasteiger partial charge < -0.3 is 20.5 Å². The van der Waals surface area contributed by atoms with Gasteiger partial charge in [0, 0.05) is 45.2 Å². The van der Waals surface area contributed by atoms with Gasteiger partial charge in [0.25, 0.3) is 5.91 Å². The molecule has 1 aromatic carbocycles. The van der Waals surface area contributed by atoms with Gasteiger partial charge in [-0.25, -0.2) is 0 Å². The van der Waals surface area contributed by atoms with Gasteiger partial charge in [-0.1, -0.05) is 19.1 Å². The van der Waals surface area contributed by atoms with E-state index in [0.717, 1.165) is 36.9 Å². The van der Waals surface area contributed by atoms with Gasteiger partial charge in [-0.2, -0.15) is 0 Å². The van der Waals surface area contributed by atoms with Crippen molar-refractivity contribution in [3.05, 3.63) is 47.5 Å². The number of nitrogens with one attached hydrogen (secondary N) is 3. The van der Waals surface area contributed by atoms with Gasteiger partial charge in [0.1, 0.15) is 12.2 Å². The number of guanidine groups is 1. The fourth-order valence-electron chi connectivity index (χ4n) is 2.48. The molecule has 0 unspecified atom stereocenters. The molecule has 9 heteroatoms. The monoisotopic (exact) mass is 485 g/mol. The molecule has 27 heavy (non-hydrogen) atoms. The lowest BCUT2D eigenvalue weighted by molar-refractivity contribution is 0.0956. The Kier molecular flexibility index (Phi) is 10.4. The van der Waals surface area contributed by atoms with Crippen LogP contribution in [0.3, 0.4) is 0 Å². The van der Waals surface area contributed by atoms with Crippen molar-refractivity contribution in [2.75, 3.05) is 20.1 Å². The van der Waals surface area contributed by atoms with Crippen LogP contribution in [0.4, 0.5) is 0 Å². The minimum Gasteiger partial charge on any atom is -0.355 e. The summed E-state index contributed by atoms with van der Waals surface area (Å²) >= 11 is 0. The Morgan fingerprint density at radius 3 is 2.52 bits per heavy atom. The van der Waals surface area contributed by atoms with Gasteiger partial charge in [-0.05, 0) is 24.6 Å². The van der Waals surface area contributed by atoms with Crippen LogP contribution in [-0.4, -0.2) is 46.8 Å². The fraction of sp³-hybridized carbons (Fsp3) is 0.444. The van der Waals surface area contributed by atoms with Crippen molar-refractivity contribution >= 4 is 35.8 Å². The number of nitrogens with zero attached hydrogens (tertiary/aromatic N) is 4. The summed E-state index contributed by atoms with van der Waals surface area (Å²) in [7, 11) is 1.74. The summed E-state index contributed by atoms with van der Waals surface area (Å²) < 4.78 is 2.03. The van der Waals surface area contributed by atoms with E-state index in [4.69, 9.17) is 0 Å². The predicted molar refractivity (Wildman–Crippen MR) is 117 cm³/mol. The zero-order chi connectivity index (χ0) is 18.8. The number of rotatable bonds is 8. The lowest BCUT2D eigenvalue weighted by Crippen LogP contribution is -2.38. The van der Waals surface area contributed by atoms with E-state index >= 15 is 0 Å². The first-order valence-corrected chi connectivity index (χ1v) is 8.86. The summed E-state index contributed by atoms with van der Waals surface area (Å²) in [5, 5.41) is 17.3. The van der Waals surface area contributed by atoms with Crippen LogP contribution in [0, 0.1) is 0 Å². The molecule has 0 fully saturated rings. The number of carbonyl (C=O) groups is 1. The maximum absolute atomic E-state index is 11.8. The van der Waals surface area contributed by atoms with Crippen LogP contribution < -0.4 is 16.0 Å². The summed E-state index contributed by atoms with van der Waals surface area (Å²) in [5.41, 5.74) is 1.74. The third kappa shape index (κ3) is 7.16. The molecule has 2 aromatic rings. The summed E-state index contributed by atoms with van der Waals surface area (Å²) in [6.07, 6.45) is 2.60. The third-order valence-corrected chi connectivity index (χ3v) is 3.89. The Morgan fingerprint density at radius 2 is 1.89 bits per heavy atom. The Balaban J connectivity index is 0.00000364. The SMILES string of the molecule is CCNC(=O)c1ccc(CNC(=NC)NCCn2cnnc2CC)cc1.I. The minimum absolute atomic E-state index is 0. The van der Waals surface area contributed by atoms with Crippen LogP contribution >= 0.6 is 24.0 Å². The van der Waals surface area contributed by atoms with E-state index in [-0.39, 0.29) is 29.9 Å². The number of aliphatic imine (C=N–C) groups is 1. The van der Waals surface area contributed by atoms with Crippen molar-refractivity contribution in [2.24, 2.45) is 4.99 Å². The highest BCUT2D eigenvalue weighted by atomic mass is 127. The number of hydrogen-bond donors (Lipinski definition) is 3. The number of amides is 1. The van der Waals surface area contributed by atoms with Gasteiger partial charge in [-0.15, -0.1) is 34.2 Å². The number of carbonyl (C=O) groups excluding carboxylic acids is 1. The standard InChI is InChI=1S/C18H27N7O.HI/c1-4-16-24-23-13-25(16)11-10-21-18(19-3)22-12-14-6-8-15(9-7-14)17(26)20-5-2;/h6-9,13H,4-5,10-12H2,1-3H3,(H,20,26)(H2,19,21,22);1H. The van der Waals surface area contributed by atoms with Gasteiger partial charge in [-0.3, -0.25) is 9.79 Å². The number of aryl methyl sites for hydroxylation is 1. The highest BCUT2D eigenvalue weighted by molar-refractivity contribution is 14.0. The molecule has 0 aliphatic rings. The predicted octanol–water partition coefficient (Wildman–Crippen LogP) is 1.57. The number of aromatic nitrogens is 3. The van der Waals surface area contributed by atoms with Crippen molar-refractivity contribution in [3.63, 3.8) is 0 Å². The fourth-order valence-corrected chi connectivity index (χ4v) is 2.48. The lowest BCUT2D eigenvalue weighted by Gasteiger charge is -2.13. The van der Waals surface area contributed by atoms with Crippen LogP contribution in [0.15, 0.2) is 35.6 Å². The molecule has 0 aliphatic carbocycles. The largest absolute Gasteiger partial charge is 0.355 e. The molecule has 1 heterocycles. The lowest BCUT2D eigenvalue weighted by atomic mass is 10.1. The second kappa shape index (κ2) is 12.3. The van der Waals surface area contributed by atoms with Crippen LogP contribution in [-0.2, 0) is 19.5 Å². The van der Waals surface area contributed by atoms with E-state index in [1.807, 2.05) is 35.8 Å². The zero-order valence-corrected chi connectivity index (χ0v) is 18.4. The molecule has 2 rings (SSSR count). The number of halogens is 1. The Bertz CT molecular complexity index is 728. The van der Waals surface area contributed by atoms with Crippen molar-refractivity contribution in [1.29, 1.82) is 0 Å². The van der Waals surface area contributed by atoms with Crippen molar-refractivity contribution < 1.29 is 4.79 Å². The van der Waals surface area contributed by atoms with Crippen LogP contribution in [0.25, 0.3) is 0 Å². The molecule has 1 amide bonds. The highest BCUT2D eigenvalue weighted by Gasteiger charge is 2.05. The summed E-state index contributed by atoms with van der Waals surface area (Å²) in [5.74, 6) is 1.65. The highest BCUT2D eigenvalue weighted by Crippen LogP contribution is 2.04. The quantitative estimate of drug-likeness (QED) is 0.300. The van der Waals surface area contributed by atoms with Crippen molar-refractivity contribution in [1.82, 2.24) is 30.7 Å². The molecule has 0 atom stereocenters. The average Bonchev–Trinajstić information content (AvgIpc) is 3.12. The van der Waals surface area contributed by atoms with E-state index in [1.54, 1.807) is 13.4 Å². The summed E-state index contributed by atoms with van der Waals surface area (Å²) in [6.45, 7) is 6.72. The van der Waals surface area contributed by atoms with Crippen molar-refractivity contribution in [2.45, 2.75) is 33.4 Å². The van der Waals surface area contributed by atoms with E-state index < -0.39 is 0 Å². The Hall–Kier alpha value is -2.17. The molecule has 0 saturated carbocycles. The first-order valence-electron chi connectivity index (χ1n) is 8.86. The Labute approximate surface area is 177 Å².